The molecule has 0 saturated carbocycles. The first-order chi connectivity index (χ1) is 7.70. The highest BCUT2D eigenvalue weighted by Crippen LogP contribution is 2.30. The largest absolute Gasteiger partial charge is 0.467 e. The van der Waals surface area contributed by atoms with Crippen LogP contribution in [0, 0.1) is 5.82 Å². The Labute approximate surface area is 105 Å². The third-order valence-electron chi connectivity index (χ3n) is 2.47. The van der Waals surface area contributed by atoms with Crippen molar-refractivity contribution in [3.63, 3.8) is 0 Å². The number of halogens is 2. The molecule has 1 aliphatic heterocycles. The Morgan fingerprint density at radius 3 is 2.94 bits per heavy atom. The van der Waals surface area contributed by atoms with E-state index in [0.29, 0.717) is 29.9 Å². The van der Waals surface area contributed by atoms with Crippen molar-refractivity contribution in [2.24, 2.45) is 5.73 Å². The fourth-order valence-corrected chi connectivity index (χ4v) is 1.76. The average Bonchev–Trinajstić information content (AvgIpc) is 2.28. The first-order valence-electron chi connectivity index (χ1n) is 5.09. The van der Waals surface area contributed by atoms with Crippen LogP contribution in [0.1, 0.15) is 11.1 Å². The van der Waals surface area contributed by atoms with Crippen LogP contribution in [-0.2, 0) is 17.8 Å². The maximum atomic E-state index is 13.3. The van der Waals surface area contributed by atoms with E-state index in [-0.39, 0.29) is 31.6 Å². The van der Waals surface area contributed by atoms with Crippen molar-refractivity contribution in [3.8, 4) is 5.75 Å². The van der Waals surface area contributed by atoms with Crippen molar-refractivity contribution in [1.29, 1.82) is 0 Å². The lowest BCUT2D eigenvalue weighted by molar-refractivity contribution is -0.0173. The van der Waals surface area contributed by atoms with E-state index in [1.807, 2.05) is 0 Å². The fraction of sp³-hybridized carbons (Fsp3) is 0.455. The second kappa shape index (κ2) is 6.16. The van der Waals surface area contributed by atoms with Gasteiger partial charge >= 0.3 is 0 Å². The van der Waals surface area contributed by atoms with Gasteiger partial charge in [-0.15, -0.1) is 12.4 Å². The third kappa shape index (κ3) is 3.29. The minimum Gasteiger partial charge on any atom is -0.467 e. The van der Waals surface area contributed by atoms with Gasteiger partial charge in [-0.25, -0.2) is 4.39 Å². The molecule has 1 aromatic carbocycles. The summed E-state index contributed by atoms with van der Waals surface area (Å²) in [6, 6.07) is 2.37. The molecule has 0 bridgehead atoms. The molecule has 6 heteroatoms. The van der Waals surface area contributed by atoms with Gasteiger partial charge in [-0.1, -0.05) is 0 Å². The molecule has 0 spiro atoms. The summed E-state index contributed by atoms with van der Waals surface area (Å²) >= 11 is 0. The van der Waals surface area contributed by atoms with Gasteiger partial charge in [0.05, 0.1) is 13.2 Å². The molecule has 0 fully saturated rings. The zero-order valence-electron chi connectivity index (χ0n) is 9.19. The molecular weight excluding hydrogens is 249 g/mol. The smallest absolute Gasteiger partial charge is 0.189 e. The van der Waals surface area contributed by atoms with E-state index in [1.165, 1.54) is 12.1 Å². The van der Waals surface area contributed by atoms with Gasteiger partial charge in [0.25, 0.3) is 0 Å². The quantitative estimate of drug-likeness (QED) is 0.853. The molecule has 1 atom stereocenters. The second-order valence-corrected chi connectivity index (χ2v) is 3.81. The Balaban J connectivity index is 0.00000144. The molecular formula is C11H15ClFNO3. The van der Waals surface area contributed by atoms with Gasteiger partial charge in [-0.2, -0.15) is 0 Å². The van der Waals surface area contributed by atoms with Crippen LogP contribution in [0.25, 0.3) is 0 Å². The molecule has 0 amide bonds. The normalized spacial score (nSPS) is 15.5. The van der Waals surface area contributed by atoms with E-state index >= 15 is 0 Å². The van der Waals surface area contributed by atoms with Gasteiger partial charge in [0.2, 0.25) is 0 Å². The second-order valence-electron chi connectivity index (χ2n) is 3.81. The van der Waals surface area contributed by atoms with Gasteiger partial charge in [0.15, 0.2) is 6.79 Å². The summed E-state index contributed by atoms with van der Waals surface area (Å²) in [7, 11) is 0. The van der Waals surface area contributed by atoms with E-state index in [9.17, 15) is 4.39 Å². The molecule has 1 aliphatic rings. The summed E-state index contributed by atoms with van der Waals surface area (Å²) in [6.07, 6.45) is 0.386. The van der Waals surface area contributed by atoms with Gasteiger partial charge < -0.3 is 20.3 Å². The number of hydrogen-bond donors (Lipinski definition) is 2. The molecule has 4 nitrogen and oxygen atoms in total. The summed E-state index contributed by atoms with van der Waals surface area (Å²) < 4.78 is 23.7. The van der Waals surface area contributed by atoms with Gasteiger partial charge in [0, 0.05) is 11.6 Å². The molecule has 1 unspecified atom stereocenters. The van der Waals surface area contributed by atoms with Crippen LogP contribution in [0.2, 0.25) is 0 Å². The molecule has 17 heavy (non-hydrogen) atoms. The van der Waals surface area contributed by atoms with Gasteiger partial charge in [0.1, 0.15) is 11.6 Å². The van der Waals surface area contributed by atoms with Crippen molar-refractivity contribution in [2.45, 2.75) is 19.1 Å². The zero-order valence-corrected chi connectivity index (χ0v) is 10.0. The number of rotatable bonds is 3. The van der Waals surface area contributed by atoms with E-state index in [4.69, 9.17) is 20.3 Å². The number of benzene rings is 1. The summed E-state index contributed by atoms with van der Waals surface area (Å²) in [5, 5.41) is 8.89. The van der Waals surface area contributed by atoms with Crippen LogP contribution in [0.5, 0.6) is 5.75 Å². The van der Waals surface area contributed by atoms with Crippen LogP contribution < -0.4 is 10.5 Å². The number of ether oxygens (including phenoxy) is 2. The summed E-state index contributed by atoms with van der Waals surface area (Å²) in [6.45, 7) is 0.371. The SMILES string of the molecule is Cl.NC(CO)Cc1cc(F)cc2c1OCOC2. The number of aliphatic hydroxyl groups excluding tert-OH is 1. The number of fused-ring (bicyclic) bond motifs is 1. The van der Waals surface area contributed by atoms with Crippen LogP contribution in [0.3, 0.4) is 0 Å². The first-order valence-corrected chi connectivity index (χ1v) is 5.09. The lowest BCUT2D eigenvalue weighted by Crippen LogP contribution is -2.27. The predicted octanol–water partition coefficient (Wildman–Crippen LogP) is 0.976. The minimum absolute atomic E-state index is 0. The maximum Gasteiger partial charge on any atom is 0.189 e. The standard InChI is InChI=1S/C11H14FNO3.ClH/c12-9-1-7(3-10(13)4-14)11-8(2-9)5-15-6-16-11;/h1-2,10,14H,3-6,13H2;1H. The highest BCUT2D eigenvalue weighted by atomic mass is 35.5. The summed E-state index contributed by atoms with van der Waals surface area (Å²) in [5.74, 6) is 0.296. The highest BCUT2D eigenvalue weighted by Gasteiger charge is 2.18. The van der Waals surface area contributed by atoms with Crippen LogP contribution >= 0.6 is 12.4 Å². The van der Waals surface area contributed by atoms with Crippen molar-refractivity contribution >= 4 is 12.4 Å². The van der Waals surface area contributed by atoms with Crippen molar-refractivity contribution in [3.05, 3.63) is 29.1 Å². The molecule has 96 valence electrons. The van der Waals surface area contributed by atoms with Gasteiger partial charge in [-0.3, -0.25) is 0 Å². The molecule has 0 saturated heterocycles. The lowest BCUT2D eigenvalue weighted by Gasteiger charge is -2.21. The monoisotopic (exact) mass is 263 g/mol. The number of hydrogen-bond acceptors (Lipinski definition) is 4. The zero-order chi connectivity index (χ0) is 11.5. The van der Waals surface area contributed by atoms with E-state index in [0.717, 1.165) is 0 Å². The van der Waals surface area contributed by atoms with E-state index in [2.05, 4.69) is 0 Å². The molecule has 1 aromatic rings. The van der Waals surface area contributed by atoms with E-state index in [1.54, 1.807) is 0 Å². The molecule has 0 aromatic heterocycles. The fourth-order valence-electron chi connectivity index (χ4n) is 1.76. The topological polar surface area (TPSA) is 64.7 Å². The third-order valence-corrected chi connectivity index (χ3v) is 2.47. The van der Waals surface area contributed by atoms with Crippen LogP contribution in [0.4, 0.5) is 4.39 Å². The average molecular weight is 264 g/mol. The Bertz CT molecular complexity index is 389. The Morgan fingerprint density at radius 2 is 2.24 bits per heavy atom. The summed E-state index contributed by atoms with van der Waals surface area (Å²) in [4.78, 5) is 0. The minimum atomic E-state index is -0.405. The Hall–Kier alpha value is -0.880. The van der Waals surface area contributed by atoms with Crippen molar-refractivity contribution in [1.82, 2.24) is 0 Å². The van der Waals surface area contributed by atoms with Crippen LogP contribution in [0.15, 0.2) is 12.1 Å². The van der Waals surface area contributed by atoms with Crippen molar-refractivity contribution < 1.29 is 19.0 Å². The van der Waals surface area contributed by atoms with Gasteiger partial charge in [-0.05, 0) is 24.1 Å². The Kier molecular flexibility index (Phi) is 5.14. The van der Waals surface area contributed by atoms with E-state index < -0.39 is 6.04 Å². The lowest BCUT2D eigenvalue weighted by atomic mass is 10.0. The number of aliphatic hydroxyl groups is 1. The molecule has 0 aliphatic carbocycles. The highest BCUT2D eigenvalue weighted by molar-refractivity contribution is 5.85. The Morgan fingerprint density at radius 1 is 1.47 bits per heavy atom. The van der Waals surface area contributed by atoms with Crippen LogP contribution in [-0.4, -0.2) is 24.5 Å². The maximum absolute atomic E-state index is 13.3. The predicted molar refractivity (Wildman–Crippen MR) is 62.7 cm³/mol. The first kappa shape index (κ1) is 14.2. The number of nitrogens with two attached hydrogens (primary N) is 1. The van der Waals surface area contributed by atoms with Crippen molar-refractivity contribution in [2.75, 3.05) is 13.4 Å². The molecule has 2 rings (SSSR count). The molecule has 1 heterocycles. The molecule has 0 radical (unpaired) electrons. The summed E-state index contributed by atoms with van der Waals surface area (Å²) in [5.41, 5.74) is 7.00. The molecule has 3 N–H and O–H groups in total.